The molecule has 4 atom stereocenters. The molecule has 0 saturated carbocycles. The van der Waals surface area contributed by atoms with E-state index < -0.39 is 72.6 Å². The highest BCUT2D eigenvalue weighted by molar-refractivity contribution is 7.98. The summed E-state index contributed by atoms with van der Waals surface area (Å²) in [5.74, 6) is -7.17. The van der Waals surface area contributed by atoms with Crippen molar-refractivity contribution in [2.45, 2.75) is 56.3 Å². The van der Waals surface area contributed by atoms with E-state index in [1.807, 2.05) is 5.32 Å². The van der Waals surface area contributed by atoms with E-state index >= 15 is 0 Å². The lowest BCUT2D eigenvalue weighted by Crippen LogP contribution is -2.57. The van der Waals surface area contributed by atoms with Crippen LogP contribution in [0.3, 0.4) is 0 Å². The zero-order chi connectivity index (χ0) is 27.8. The second kappa shape index (κ2) is 16.9. The first-order valence-corrected chi connectivity index (χ1v) is 12.0. The molecule has 0 radical (unpaired) electrons. The number of aliphatic imine (C=N–C) groups is 1. The normalized spacial score (nSPS) is 13.8. The Labute approximate surface area is 210 Å². The number of rotatable bonds is 18. The molecule has 0 bridgehead atoms. The van der Waals surface area contributed by atoms with E-state index in [1.54, 1.807) is 6.26 Å². The van der Waals surface area contributed by atoms with Gasteiger partial charge in [-0.15, -0.1) is 0 Å². The summed E-state index contributed by atoms with van der Waals surface area (Å²) in [4.78, 5) is 74.8. The zero-order valence-electron chi connectivity index (χ0n) is 19.6. The standard InChI is InChI=1S/C19H33N7O9S/c1-36-6-4-10(24-15(31)9(20)3-2-5-23-19(21)22)16(32)25-11(7-13(27)28)17(33)26-12(18(34)35)8-14(29)30/h9-12H,2-8,20H2,1H3,(H,24,31)(H,25,32)(H,26,33)(H,27,28)(H,29,30)(H,34,35)(H4,21,22,23). The lowest BCUT2D eigenvalue weighted by molar-refractivity contribution is -0.148. The van der Waals surface area contributed by atoms with Gasteiger partial charge in [-0.2, -0.15) is 11.8 Å². The molecular weight excluding hydrogens is 502 g/mol. The molecule has 17 heteroatoms. The van der Waals surface area contributed by atoms with Gasteiger partial charge in [-0.05, 0) is 31.3 Å². The Kier molecular flexibility index (Phi) is 15.2. The van der Waals surface area contributed by atoms with Gasteiger partial charge in [0.2, 0.25) is 17.7 Å². The molecule has 0 spiro atoms. The third-order valence-electron chi connectivity index (χ3n) is 4.55. The first kappa shape index (κ1) is 32.4. The van der Waals surface area contributed by atoms with Crippen molar-refractivity contribution in [2.75, 3.05) is 18.6 Å². The van der Waals surface area contributed by atoms with Crippen LogP contribution in [0.15, 0.2) is 4.99 Å². The number of guanidine groups is 1. The van der Waals surface area contributed by atoms with Crippen LogP contribution in [0.1, 0.15) is 32.1 Å². The number of carbonyl (C=O) groups excluding carboxylic acids is 3. The van der Waals surface area contributed by atoms with Gasteiger partial charge in [-0.25, -0.2) is 4.79 Å². The van der Waals surface area contributed by atoms with Gasteiger partial charge in [-0.1, -0.05) is 0 Å². The summed E-state index contributed by atoms with van der Waals surface area (Å²) in [5.41, 5.74) is 16.3. The summed E-state index contributed by atoms with van der Waals surface area (Å²) < 4.78 is 0. The quantitative estimate of drug-likeness (QED) is 0.0470. The molecule has 0 aromatic rings. The van der Waals surface area contributed by atoms with Crippen LogP contribution in [0.4, 0.5) is 0 Å². The van der Waals surface area contributed by atoms with Crippen LogP contribution in [0.2, 0.25) is 0 Å². The predicted molar refractivity (Wildman–Crippen MR) is 129 cm³/mol. The molecule has 0 aliphatic carbocycles. The average Bonchev–Trinajstić information content (AvgIpc) is 2.77. The average molecular weight is 536 g/mol. The van der Waals surface area contributed by atoms with Gasteiger partial charge >= 0.3 is 17.9 Å². The maximum absolute atomic E-state index is 12.8. The lowest BCUT2D eigenvalue weighted by Gasteiger charge is -2.24. The number of amides is 3. The number of hydrogen-bond donors (Lipinski definition) is 9. The third kappa shape index (κ3) is 14.0. The minimum Gasteiger partial charge on any atom is -0.481 e. The van der Waals surface area contributed by atoms with E-state index in [0.29, 0.717) is 12.2 Å². The highest BCUT2D eigenvalue weighted by atomic mass is 32.2. The summed E-state index contributed by atoms with van der Waals surface area (Å²) in [6.45, 7) is 0.241. The molecule has 3 amide bonds. The van der Waals surface area contributed by atoms with Crippen molar-refractivity contribution in [3.05, 3.63) is 0 Å². The first-order valence-electron chi connectivity index (χ1n) is 10.7. The fourth-order valence-electron chi connectivity index (χ4n) is 2.74. The van der Waals surface area contributed by atoms with Crippen molar-refractivity contribution in [1.29, 1.82) is 0 Å². The molecular formula is C19H33N7O9S. The van der Waals surface area contributed by atoms with E-state index in [-0.39, 0.29) is 25.3 Å². The summed E-state index contributed by atoms with van der Waals surface area (Å²) >= 11 is 1.36. The Hall–Kier alpha value is -3.60. The van der Waals surface area contributed by atoms with Crippen LogP contribution in [-0.2, 0) is 28.8 Å². The van der Waals surface area contributed by atoms with E-state index in [1.165, 1.54) is 11.8 Å². The van der Waals surface area contributed by atoms with Crippen LogP contribution >= 0.6 is 11.8 Å². The Morgan fingerprint density at radius 2 is 1.31 bits per heavy atom. The van der Waals surface area contributed by atoms with Crippen LogP contribution in [-0.4, -0.2) is 99.6 Å². The smallest absolute Gasteiger partial charge is 0.326 e. The van der Waals surface area contributed by atoms with Crippen molar-refractivity contribution in [2.24, 2.45) is 22.2 Å². The van der Waals surface area contributed by atoms with Crippen molar-refractivity contribution in [3.8, 4) is 0 Å². The Bertz CT molecular complexity index is 836. The number of nitrogens with two attached hydrogens (primary N) is 3. The second-order valence-electron chi connectivity index (χ2n) is 7.55. The van der Waals surface area contributed by atoms with Crippen LogP contribution < -0.4 is 33.2 Å². The number of nitrogens with zero attached hydrogens (tertiary/aromatic N) is 1. The summed E-state index contributed by atoms with van der Waals surface area (Å²) in [6.07, 6.45) is 0.547. The van der Waals surface area contributed by atoms with Crippen molar-refractivity contribution in [3.63, 3.8) is 0 Å². The van der Waals surface area contributed by atoms with E-state index in [0.717, 1.165) is 0 Å². The minimum absolute atomic E-state index is 0.109. The van der Waals surface area contributed by atoms with Gasteiger partial charge in [0.05, 0.1) is 18.9 Å². The molecule has 4 unspecified atom stereocenters. The Morgan fingerprint density at radius 3 is 1.81 bits per heavy atom. The number of nitrogens with one attached hydrogen (secondary N) is 3. The highest BCUT2D eigenvalue weighted by Gasteiger charge is 2.32. The summed E-state index contributed by atoms with van der Waals surface area (Å²) in [5, 5.41) is 33.5. The minimum atomic E-state index is -1.85. The predicted octanol–water partition coefficient (Wildman–Crippen LogP) is -3.39. The molecule has 12 N–H and O–H groups in total. The fourth-order valence-corrected chi connectivity index (χ4v) is 3.21. The molecule has 0 aliphatic rings. The summed E-state index contributed by atoms with van der Waals surface area (Å²) in [6, 6.07) is -5.79. The molecule has 0 heterocycles. The molecule has 16 nitrogen and oxygen atoms in total. The number of hydrogen-bond acceptors (Lipinski definition) is 9. The van der Waals surface area contributed by atoms with E-state index in [9.17, 15) is 28.8 Å². The molecule has 0 rings (SSSR count). The van der Waals surface area contributed by atoms with Gasteiger partial charge in [0.25, 0.3) is 0 Å². The van der Waals surface area contributed by atoms with Gasteiger partial charge in [-0.3, -0.25) is 29.0 Å². The number of carboxylic acids is 3. The molecule has 0 aromatic heterocycles. The Morgan fingerprint density at radius 1 is 0.806 bits per heavy atom. The second-order valence-corrected chi connectivity index (χ2v) is 8.54. The van der Waals surface area contributed by atoms with Gasteiger partial charge in [0.1, 0.15) is 18.1 Å². The number of thioether (sulfide) groups is 1. The maximum Gasteiger partial charge on any atom is 0.326 e. The summed E-state index contributed by atoms with van der Waals surface area (Å²) in [7, 11) is 0. The zero-order valence-corrected chi connectivity index (χ0v) is 20.5. The molecule has 0 aliphatic heterocycles. The molecule has 0 fully saturated rings. The molecule has 204 valence electrons. The molecule has 0 aromatic carbocycles. The monoisotopic (exact) mass is 535 g/mol. The maximum atomic E-state index is 12.8. The molecule has 36 heavy (non-hydrogen) atoms. The number of carbonyl (C=O) groups is 6. The SMILES string of the molecule is CSCCC(NC(=O)C(N)CCCN=C(N)N)C(=O)NC(CC(=O)O)C(=O)NC(CC(=O)O)C(=O)O. The van der Waals surface area contributed by atoms with Crippen molar-refractivity contribution >= 4 is 53.4 Å². The van der Waals surface area contributed by atoms with Gasteiger partial charge in [0.15, 0.2) is 5.96 Å². The van der Waals surface area contributed by atoms with Crippen LogP contribution in [0.25, 0.3) is 0 Å². The molecule has 0 saturated heterocycles. The van der Waals surface area contributed by atoms with Crippen molar-refractivity contribution < 1.29 is 44.1 Å². The Balaban J connectivity index is 5.40. The fraction of sp³-hybridized carbons (Fsp3) is 0.632. The largest absolute Gasteiger partial charge is 0.481 e. The number of aliphatic carboxylic acids is 3. The lowest BCUT2D eigenvalue weighted by atomic mass is 10.1. The van der Waals surface area contributed by atoms with E-state index in [4.69, 9.17) is 32.5 Å². The van der Waals surface area contributed by atoms with Crippen LogP contribution in [0.5, 0.6) is 0 Å². The van der Waals surface area contributed by atoms with Crippen molar-refractivity contribution in [1.82, 2.24) is 16.0 Å². The third-order valence-corrected chi connectivity index (χ3v) is 5.20. The first-order chi connectivity index (χ1) is 16.8. The highest BCUT2D eigenvalue weighted by Crippen LogP contribution is 2.05. The van der Waals surface area contributed by atoms with Gasteiger partial charge < -0.3 is 48.5 Å². The van der Waals surface area contributed by atoms with Crippen LogP contribution in [0, 0.1) is 0 Å². The van der Waals surface area contributed by atoms with E-state index in [2.05, 4.69) is 15.6 Å². The number of carboxylic acid groups (broad SMARTS) is 3. The van der Waals surface area contributed by atoms with Gasteiger partial charge in [0, 0.05) is 6.54 Å². The topological polar surface area (TPSA) is 290 Å².